The lowest BCUT2D eigenvalue weighted by molar-refractivity contribution is -0.129. The molecular formula is C17H26N2O3S. The summed E-state index contributed by atoms with van der Waals surface area (Å²) in [6, 6.07) is 6.72. The number of hydrogen-bond acceptors (Lipinski definition) is 3. The lowest BCUT2D eigenvalue weighted by Crippen LogP contribution is -2.35. The van der Waals surface area contributed by atoms with Crippen LogP contribution in [0.5, 0.6) is 0 Å². The highest BCUT2D eigenvalue weighted by Gasteiger charge is 2.25. The maximum atomic E-state index is 12.6. The van der Waals surface area contributed by atoms with Crippen LogP contribution >= 0.6 is 0 Å². The molecule has 0 aliphatic carbocycles. The monoisotopic (exact) mass is 338 g/mol. The van der Waals surface area contributed by atoms with Gasteiger partial charge in [-0.15, -0.1) is 0 Å². The molecule has 128 valence electrons. The minimum atomic E-state index is -3.39. The molecule has 0 atom stereocenters. The van der Waals surface area contributed by atoms with Crippen molar-refractivity contribution in [3.8, 4) is 0 Å². The molecule has 23 heavy (non-hydrogen) atoms. The third-order valence-electron chi connectivity index (χ3n) is 4.22. The summed E-state index contributed by atoms with van der Waals surface area (Å²) in [5.74, 6) is 0.0542. The third kappa shape index (κ3) is 4.54. The highest BCUT2D eigenvalue weighted by Crippen LogP contribution is 2.21. The van der Waals surface area contributed by atoms with Gasteiger partial charge in [-0.1, -0.05) is 25.5 Å². The van der Waals surface area contributed by atoms with Crippen molar-refractivity contribution in [2.75, 3.05) is 26.7 Å². The highest BCUT2D eigenvalue weighted by molar-refractivity contribution is 7.89. The molecule has 0 N–H and O–H groups in total. The summed E-state index contributed by atoms with van der Waals surface area (Å²) >= 11 is 0. The van der Waals surface area contributed by atoms with Gasteiger partial charge < -0.3 is 4.90 Å². The van der Waals surface area contributed by atoms with E-state index >= 15 is 0 Å². The summed E-state index contributed by atoms with van der Waals surface area (Å²) in [5.41, 5.74) is 0.843. The second-order valence-electron chi connectivity index (χ2n) is 6.10. The summed E-state index contributed by atoms with van der Waals surface area (Å²) in [6.45, 7) is 3.97. The van der Waals surface area contributed by atoms with Crippen LogP contribution in [0.25, 0.3) is 0 Å². The number of hydrogen-bond donors (Lipinski definition) is 0. The molecule has 0 spiro atoms. The average Bonchev–Trinajstić information content (AvgIpc) is 2.56. The first-order chi connectivity index (χ1) is 10.9. The molecule has 1 aromatic rings. The number of benzene rings is 1. The molecular weight excluding hydrogens is 312 g/mol. The first kappa shape index (κ1) is 17.9. The van der Waals surface area contributed by atoms with E-state index in [1.165, 1.54) is 0 Å². The van der Waals surface area contributed by atoms with E-state index in [0.29, 0.717) is 24.4 Å². The quantitative estimate of drug-likeness (QED) is 0.799. The van der Waals surface area contributed by atoms with E-state index in [0.717, 1.165) is 37.8 Å². The Morgan fingerprint density at radius 1 is 1.13 bits per heavy atom. The maximum absolute atomic E-state index is 12.6. The van der Waals surface area contributed by atoms with E-state index < -0.39 is 10.0 Å². The van der Waals surface area contributed by atoms with Gasteiger partial charge in [-0.25, -0.2) is 8.42 Å². The average molecular weight is 338 g/mol. The first-order valence-corrected chi connectivity index (χ1v) is 9.72. The molecule has 0 bridgehead atoms. The Bertz CT molecular complexity index is 620. The van der Waals surface area contributed by atoms with Gasteiger partial charge in [-0.05, 0) is 37.0 Å². The summed E-state index contributed by atoms with van der Waals surface area (Å²) < 4.78 is 26.7. The van der Waals surface area contributed by atoms with Crippen LogP contribution in [0.2, 0.25) is 0 Å². The van der Waals surface area contributed by atoms with E-state index in [1.54, 1.807) is 40.5 Å². The van der Waals surface area contributed by atoms with Crippen molar-refractivity contribution in [1.82, 2.24) is 9.21 Å². The largest absolute Gasteiger partial charge is 0.345 e. The Morgan fingerprint density at radius 2 is 1.74 bits per heavy atom. The molecule has 1 amide bonds. The number of nitrogens with zero attached hydrogens (tertiary/aromatic N) is 2. The number of carbonyl (C=O) groups is 1. The molecule has 5 nitrogen and oxygen atoms in total. The second-order valence-corrected chi connectivity index (χ2v) is 8.04. The van der Waals surface area contributed by atoms with Gasteiger partial charge in [0, 0.05) is 26.7 Å². The highest BCUT2D eigenvalue weighted by atomic mass is 32.2. The Morgan fingerprint density at radius 3 is 2.30 bits per heavy atom. The topological polar surface area (TPSA) is 57.7 Å². The van der Waals surface area contributed by atoms with Crippen LogP contribution < -0.4 is 0 Å². The number of sulfonamides is 1. The number of carbonyl (C=O) groups excluding carboxylic acids is 1. The lowest BCUT2D eigenvalue weighted by Gasteiger charge is -2.25. The van der Waals surface area contributed by atoms with Gasteiger partial charge in [0.15, 0.2) is 0 Å². The predicted octanol–water partition coefficient (Wildman–Crippen LogP) is 2.27. The van der Waals surface area contributed by atoms with Gasteiger partial charge in [0.2, 0.25) is 15.9 Å². The fraction of sp³-hybridized carbons (Fsp3) is 0.588. The van der Waals surface area contributed by atoms with Crippen molar-refractivity contribution in [3.05, 3.63) is 29.8 Å². The van der Waals surface area contributed by atoms with E-state index in [-0.39, 0.29) is 5.91 Å². The number of amides is 1. The SMILES string of the molecule is CCCN(C)C(=O)Cc1ccc(S(=O)(=O)N2CCCCC2)cc1. The minimum Gasteiger partial charge on any atom is -0.345 e. The third-order valence-corrected chi connectivity index (χ3v) is 6.13. The Labute approximate surface area is 139 Å². The van der Waals surface area contributed by atoms with Crippen molar-refractivity contribution >= 4 is 15.9 Å². The standard InChI is InChI=1S/C17H26N2O3S/c1-3-11-18(2)17(20)14-15-7-9-16(10-8-15)23(21,22)19-12-5-4-6-13-19/h7-10H,3-6,11-14H2,1-2H3. The fourth-order valence-corrected chi connectivity index (χ4v) is 4.32. The summed E-state index contributed by atoms with van der Waals surface area (Å²) in [5, 5.41) is 0. The van der Waals surface area contributed by atoms with Crippen molar-refractivity contribution in [3.63, 3.8) is 0 Å². The van der Waals surface area contributed by atoms with Crippen LogP contribution in [0.15, 0.2) is 29.2 Å². The molecule has 1 aliphatic heterocycles. The van der Waals surface area contributed by atoms with Crippen LogP contribution in [-0.4, -0.2) is 50.2 Å². The molecule has 0 aromatic heterocycles. The number of likely N-dealkylation sites (N-methyl/N-ethyl adjacent to an activating group) is 1. The molecule has 1 saturated heterocycles. The normalized spacial score (nSPS) is 16.3. The molecule has 2 rings (SSSR count). The summed E-state index contributed by atoms with van der Waals surface area (Å²) in [6.07, 6.45) is 4.18. The van der Waals surface area contributed by atoms with Crippen molar-refractivity contribution in [2.24, 2.45) is 0 Å². The van der Waals surface area contributed by atoms with E-state index in [9.17, 15) is 13.2 Å². The van der Waals surface area contributed by atoms with Gasteiger partial charge in [0.05, 0.1) is 11.3 Å². The lowest BCUT2D eigenvalue weighted by atomic mass is 10.1. The number of piperidine rings is 1. The zero-order chi connectivity index (χ0) is 16.9. The molecule has 1 heterocycles. The van der Waals surface area contributed by atoms with E-state index in [2.05, 4.69) is 0 Å². The summed E-state index contributed by atoms with van der Waals surface area (Å²) in [7, 11) is -1.60. The second kappa shape index (κ2) is 7.93. The van der Waals surface area contributed by atoms with Gasteiger partial charge in [-0.2, -0.15) is 4.31 Å². The molecule has 6 heteroatoms. The van der Waals surface area contributed by atoms with Crippen LogP contribution in [0.4, 0.5) is 0 Å². The number of rotatable bonds is 6. The van der Waals surface area contributed by atoms with E-state index in [1.807, 2.05) is 6.92 Å². The van der Waals surface area contributed by atoms with Crippen LogP contribution in [0, 0.1) is 0 Å². The summed E-state index contributed by atoms with van der Waals surface area (Å²) in [4.78, 5) is 14.1. The first-order valence-electron chi connectivity index (χ1n) is 8.28. The molecule has 0 radical (unpaired) electrons. The zero-order valence-electron chi connectivity index (χ0n) is 14.0. The van der Waals surface area contributed by atoms with Crippen LogP contribution in [0.1, 0.15) is 38.2 Å². The van der Waals surface area contributed by atoms with Crippen molar-refractivity contribution in [2.45, 2.75) is 43.9 Å². The fourth-order valence-electron chi connectivity index (χ4n) is 2.80. The Balaban J connectivity index is 2.05. The minimum absolute atomic E-state index is 0.0542. The van der Waals surface area contributed by atoms with E-state index in [4.69, 9.17) is 0 Å². The van der Waals surface area contributed by atoms with Crippen molar-refractivity contribution < 1.29 is 13.2 Å². The van der Waals surface area contributed by atoms with Crippen molar-refractivity contribution in [1.29, 1.82) is 0 Å². The van der Waals surface area contributed by atoms with Gasteiger partial charge >= 0.3 is 0 Å². The Kier molecular flexibility index (Phi) is 6.18. The zero-order valence-corrected chi connectivity index (χ0v) is 14.8. The van der Waals surface area contributed by atoms with Gasteiger partial charge in [-0.3, -0.25) is 4.79 Å². The van der Waals surface area contributed by atoms with Crippen LogP contribution in [-0.2, 0) is 21.2 Å². The Hall–Kier alpha value is -1.40. The molecule has 1 aliphatic rings. The van der Waals surface area contributed by atoms with Crippen LogP contribution in [0.3, 0.4) is 0 Å². The molecule has 0 saturated carbocycles. The predicted molar refractivity (Wildman–Crippen MR) is 90.7 cm³/mol. The van der Waals surface area contributed by atoms with Gasteiger partial charge in [0.25, 0.3) is 0 Å². The smallest absolute Gasteiger partial charge is 0.243 e. The molecule has 1 fully saturated rings. The maximum Gasteiger partial charge on any atom is 0.243 e. The molecule has 0 unspecified atom stereocenters. The molecule has 1 aromatic carbocycles. The van der Waals surface area contributed by atoms with Gasteiger partial charge in [0.1, 0.15) is 0 Å².